The summed E-state index contributed by atoms with van der Waals surface area (Å²) in [6.45, 7) is 0.355. The molecule has 0 aliphatic heterocycles. The number of hydrogen-bond acceptors (Lipinski definition) is 2. The Balaban J connectivity index is 2.39. The van der Waals surface area contributed by atoms with E-state index in [1.54, 1.807) is 16.4 Å². The Morgan fingerprint density at radius 1 is 1.19 bits per heavy atom. The molecule has 0 radical (unpaired) electrons. The minimum atomic E-state index is -3.54. The van der Waals surface area contributed by atoms with Crippen molar-refractivity contribution in [2.75, 3.05) is 12.4 Å². The predicted octanol–water partition coefficient (Wildman–Crippen LogP) is 4.77. The van der Waals surface area contributed by atoms with Gasteiger partial charge in [-0.05, 0) is 47.0 Å². The van der Waals surface area contributed by atoms with E-state index < -0.39 is 10.0 Å². The van der Waals surface area contributed by atoms with E-state index in [0.717, 1.165) is 30.2 Å². The van der Waals surface area contributed by atoms with Gasteiger partial charge in [-0.15, -0.1) is 11.6 Å². The van der Waals surface area contributed by atoms with E-state index in [1.165, 1.54) is 6.42 Å². The van der Waals surface area contributed by atoms with Gasteiger partial charge in [-0.2, -0.15) is 4.31 Å². The van der Waals surface area contributed by atoms with Gasteiger partial charge in [0.25, 0.3) is 0 Å². The molecule has 0 unspecified atom stereocenters. The molecule has 0 aromatic heterocycles. The zero-order chi connectivity index (χ0) is 15.5. The van der Waals surface area contributed by atoms with Crippen LogP contribution in [0.1, 0.15) is 32.1 Å². The molecule has 0 amide bonds. The van der Waals surface area contributed by atoms with Crippen molar-refractivity contribution in [1.29, 1.82) is 0 Å². The van der Waals surface area contributed by atoms with Gasteiger partial charge in [-0.25, -0.2) is 8.42 Å². The highest BCUT2D eigenvalue weighted by molar-refractivity contribution is 9.11. The van der Waals surface area contributed by atoms with Crippen LogP contribution in [0, 0.1) is 0 Å². The lowest BCUT2D eigenvalue weighted by atomic mass is 9.95. The summed E-state index contributed by atoms with van der Waals surface area (Å²) in [5.41, 5.74) is 0. The fourth-order valence-corrected chi connectivity index (χ4v) is 6.19. The topological polar surface area (TPSA) is 37.4 Å². The molecular formula is C14H18Br2ClNO2S. The van der Waals surface area contributed by atoms with Gasteiger partial charge in [0.15, 0.2) is 0 Å². The third-order valence-corrected chi connectivity index (χ3v) is 7.37. The van der Waals surface area contributed by atoms with Crippen LogP contribution in [0.5, 0.6) is 0 Å². The highest BCUT2D eigenvalue weighted by Gasteiger charge is 2.33. The molecule has 1 aliphatic carbocycles. The zero-order valence-electron chi connectivity index (χ0n) is 11.6. The summed E-state index contributed by atoms with van der Waals surface area (Å²) in [6, 6.07) is 5.27. The maximum Gasteiger partial charge on any atom is 0.244 e. The Labute approximate surface area is 148 Å². The summed E-state index contributed by atoms with van der Waals surface area (Å²) in [7, 11) is -3.54. The van der Waals surface area contributed by atoms with Crippen LogP contribution in [0.2, 0.25) is 0 Å². The lowest BCUT2D eigenvalue weighted by Crippen LogP contribution is -2.42. The van der Waals surface area contributed by atoms with Gasteiger partial charge >= 0.3 is 0 Å². The third kappa shape index (κ3) is 4.22. The summed E-state index contributed by atoms with van der Waals surface area (Å²) in [5, 5.41) is 0. The highest BCUT2D eigenvalue weighted by atomic mass is 79.9. The SMILES string of the molecule is O=S(=O)(c1cc(Br)ccc1Br)N(CCCl)C1CCCCC1. The van der Waals surface area contributed by atoms with E-state index in [0.29, 0.717) is 21.8 Å². The number of rotatable bonds is 5. The van der Waals surface area contributed by atoms with E-state index in [4.69, 9.17) is 11.6 Å². The zero-order valence-corrected chi connectivity index (χ0v) is 16.3. The van der Waals surface area contributed by atoms with Crippen LogP contribution in [0.4, 0.5) is 0 Å². The van der Waals surface area contributed by atoms with Crippen LogP contribution in [-0.2, 0) is 10.0 Å². The summed E-state index contributed by atoms with van der Waals surface area (Å²) in [5.74, 6) is 0.307. The predicted molar refractivity (Wildman–Crippen MR) is 93.3 cm³/mol. The van der Waals surface area contributed by atoms with Crippen molar-refractivity contribution < 1.29 is 8.42 Å². The highest BCUT2D eigenvalue weighted by Crippen LogP contribution is 2.32. The summed E-state index contributed by atoms with van der Waals surface area (Å²) in [6.07, 6.45) is 5.19. The van der Waals surface area contributed by atoms with Crippen LogP contribution in [0.25, 0.3) is 0 Å². The molecule has 0 N–H and O–H groups in total. The van der Waals surface area contributed by atoms with Crippen molar-refractivity contribution in [2.24, 2.45) is 0 Å². The molecule has 1 aromatic rings. The molecule has 0 saturated heterocycles. The molecular weight excluding hydrogens is 441 g/mol. The Hall–Kier alpha value is 0.380. The second kappa shape index (κ2) is 7.77. The number of hydrogen-bond donors (Lipinski definition) is 0. The molecule has 0 bridgehead atoms. The van der Waals surface area contributed by atoms with Gasteiger partial charge in [0.1, 0.15) is 0 Å². The van der Waals surface area contributed by atoms with Gasteiger partial charge < -0.3 is 0 Å². The molecule has 1 aromatic carbocycles. The average molecular weight is 460 g/mol. The van der Waals surface area contributed by atoms with Gasteiger partial charge in [0, 0.05) is 27.4 Å². The first-order valence-electron chi connectivity index (χ1n) is 6.99. The number of alkyl halides is 1. The second-order valence-corrected chi connectivity index (χ2v) is 9.18. The molecule has 2 rings (SSSR count). The summed E-state index contributed by atoms with van der Waals surface area (Å²) in [4.78, 5) is 0.299. The minimum absolute atomic E-state index is 0.0633. The monoisotopic (exact) mass is 457 g/mol. The van der Waals surface area contributed by atoms with Gasteiger partial charge in [0.05, 0.1) is 4.90 Å². The maximum absolute atomic E-state index is 13.0. The average Bonchev–Trinajstić information content (AvgIpc) is 2.48. The number of halogens is 3. The molecule has 1 fully saturated rings. The van der Waals surface area contributed by atoms with Gasteiger partial charge in [-0.1, -0.05) is 35.2 Å². The van der Waals surface area contributed by atoms with Crippen molar-refractivity contribution in [3.05, 3.63) is 27.1 Å². The Kier molecular flexibility index (Phi) is 6.56. The fourth-order valence-electron chi connectivity index (χ4n) is 2.75. The first kappa shape index (κ1) is 17.7. The largest absolute Gasteiger partial charge is 0.244 e. The van der Waals surface area contributed by atoms with Crippen LogP contribution in [0.3, 0.4) is 0 Å². The molecule has 118 valence electrons. The smallest absolute Gasteiger partial charge is 0.207 e. The summed E-state index contributed by atoms with van der Waals surface area (Å²) >= 11 is 12.5. The molecule has 0 spiro atoms. The van der Waals surface area contributed by atoms with E-state index in [1.807, 2.05) is 6.07 Å². The maximum atomic E-state index is 13.0. The van der Waals surface area contributed by atoms with Crippen molar-refractivity contribution in [3.8, 4) is 0 Å². The first-order valence-corrected chi connectivity index (χ1v) is 10.6. The third-order valence-electron chi connectivity index (χ3n) is 3.77. The standard InChI is InChI=1S/C14H18Br2ClNO2S/c15-11-6-7-13(16)14(10-11)21(19,20)18(9-8-17)12-4-2-1-3-5-12/h6-7,10,12H,1-5,8-9H2. The molecule has 0 atom stereocenters. The minimum Gasteiger partial charge on any atom is -0.207 e. The normalized spacial score (nSPS) is 17.3. The Bertz CT molecular complexity index is 589. The lowest BCUT2D eigenvalue weighted by Gasteiger charge is -2.33. The van der Waals surface area contributed by atoms with E-state index in [2.05, 4.69) is 31.9 Å². The molecule has 1 saturated carbocycles. The van der Waals surface area contributed by atoms with Crippen LogP contribution in [-0.4, -0.2) is 31.2 Å². The number of nitrogens with zero attached hydrogens (tertiary/aromatic N) is 1. The molecule has 0 heterocycles. The van der Waals surface area contributed by atoms with E-state index >= 15 is 0 Å². The Morgan fingerprint density at radius 3 is 2.48 bits per heavy atom. The van der Waals surface area contributed by atoms with Crippen molar-refractivity contribution in [1.82, 2.24) is 4.31 Å². The number of benzene rings is 1. The van der Waals surface area contributed by atoms with Crippen molar-refractivity contribution in [3.63, 3.8) is 0 Å². The van der Waals surface area contributed by atoms with Crippen molar-refractivity contribution in [2.45, 2.75) is 43.0 Å². The second-order valence-electron chi connectivity index (χ2n) is 5.17. The molecule has 1 aliphatic rings. The van der Waals surface area contributed by atoms with Crippen LogP contribution >= 0.6 is 43.5 Å². The van der Waals surface area contributed by atoms with Gasteiger partial charge in [-0.3, -0.25) is 0 Å². The Morgan fingerprint density at radius 2 is 1.86 bits per heavy atom. The first-order chi connectivity index (χ1) is 9.96. The van der Waals surface area contributed by atoms with Crippen LogP contribution in [0.15, 0.2) is 32.0 Å². The molecule has 3 nitrogen and oxygen atoms in total. The van der Waals surface area contributed by atoms with E-state index in [-0.39, 0.29) is 6.04 Å². The quantitative estimate of drug-likeness (QED) is 0.595. The molecule has 7 heteroatoms. The van der Waals surface area contributed by atoms with E-state index in [9.17, 15) is 8.42 Å². The lowest BCUT2D eigenvalue weighted by molar-refractivity contribution is 0.262. The number of sulfonamides is 1. The molecule has 21 heavy (non-hydrogen) atoms. The fraction of sp³-hybridized carbons (Fsp3) is 0.571. The summed E-state index contributed by atoms with van der Waals surface area (Å²) < 4.78 is 28.9. The van der Waals surface area contributed by atoms with Crippen molar-refractivity contribution >= 4 is 53.5 Å². The van der Waals surface area contributed by atoms with Gasteiger partial charge in [0.2, 0.25) is 10.0 Å². The van der Waals surface area contributed by atoms with Crippen LogP contribution < -0.4 is 0 Å².